The Morgan fingerprint density at radius 2 is 1.79 bits per heavy atom. The number of hydrogen-bond acceptors (Lipinski definition) is 2. The lowest BCUT2D eigenvalue weighted by Crippen LogP contribution is -2.50. The molecule has 1 unspecified atom stereocenters. The first-order chi connectivity index (χ1) is 6.41. The van der Waals surface area contributed by atoms with Crippen LogP contribution in [0.1, 0.15) is 53.4 Å². The predicted octanol–water partition coefficient (Wildman–Crippen LogP) is 2.31. The van der Waals surface area contributed by atoms with Crippen LogP contribution in [0.5, 0.6) is 0 Å². The van der Waals surface area contributed by atoms with Crippen LogP contribution in [0.15, 0.2) is 0 Å². The minimum Gasteiger partial charge on any atom is -0.392 e. The third-order valence-corrected chi connectivity index (χ3v) is 3.49. The number of nitrogens with one attached hydrogen (secondary N) is 1. The molecule has 0 aromatic heterocycles. The summed E-state index contributed by atoms with van der Waals surface area (Å²) in [4.78, 5) is 0. The van der Waals surface area contributed by atoms with Gasteiger partial charge in [-0.05, 0) is 25.2 Å². The summed E-state index contributed by atoms with van der Waals surface area (Å²) in [6.07, 6.45) is 4.40. The molecule has 84 valence electrons. The molecule has 2 nitrogen and oxygen atoms in total. The summed E-state index contributed by atoms with van der Waals surface area (Å²) >= 11 is 0. The van der Waals surface area contributed by atoms with Gasteiger partial charge in [-0.2, -0.15) is 0 Å². The van der Waals surface area contributed by atoms with Gasteiger partial charge in [0.05, 0.1) is 6.10 Å². The fourth-order valence-corrected chi connectivity index (χ4v) is 1.88. The van der Waals surface area contributed by atoms with Gasteiger partial charge in [0, 0.05) is 12.1 Å². The van der Waals surface area contributed by atoms with Crippen LogP contribution in [-0.4, -0.2) is 23.3 Å². The fraction of sp³-hybridized carbons (Fsp3) is 1.00. The van der Waals surface area contributed by atoms with Crippen molar-refractivity contribution >= 4 is 0 Å². The maximum atomic E-state index is 9.82. The molecule has 1 fully saturated rings. The van der Waals surface area contributed by atoms with Crippen molar-refractivity contribution in [3.05, 3.63) is 0 Å². The summed E-state index contributed by atoms with van der Waals surface area (Å²) in [7, 11) is 0. The van der Waals surface area contributed by atoms with Crippen molar-refractivity contribution in [3.63, 3.8) is 0 Å². The summed E-state index contributed by atoms with van der Waals surface area (Å²) in [6, 6.07) is 0.776. The van der Waals surface area contributed by atoms with Crippen molar-refractivity contribution in [2.45, 2.75) is 71.6 Å². The predicted molar refractivity (Wildman–Crippen MR) is 60.3 cm³/mol. The van der Waals surface area contributed by atoms with Crippen molar-refractivity contribution in [2.24, 2.45) is 5.41 Å². The molecule has 0 aromatic rings. The average Bonchev–Trinajstić information content (AvgIpc) is 2.07. The van der Waals surface area contributed by atoms with Gasteiger partial charge in [-0.1, -0.05) is 33.6 Å². The summed E-state index contributed by atoms with van der Waals surface area (Å²) in [5, 5.41) is 13.4. The minimum absolute atomic E-state index is 0.131. The molecule has 14 heavy (non-hydrogen) atoms. The van der Waals surface area contributed by atoms with Gasteiger partial charge in [-0.25, -0.2) is 0 Å². The molecular formula is C12H25NO. The third-order valence-electron chi connectivity index (χ3n) is 3.49. The highest BCUT2D eigenvalue weighted by molar-refractivity contribution is 4.86. The zero-order valence-corrected chi connectivity index (χ0v) is 10.0. The first kappa shape index (κ1) is 12.0. The Bertz CT molecular complexity index is 174. The van der Waals surface area contributed by atoms with Crippen molar-refractivity contribution in [1.29, 1.82) is 0 Å². The van der Waals surface area contributed by atoms with Crippen molar-refractivity contribution in [2.75, 3.05) is 0 Å². The van der Waals surface area contributed by atoms with Gasteiger partial charge < -0.3 is 10.4 Å². The molecular weight excluding hydrogens is 174 g/mol. The molecule has 0 saturated heterocycles. The van der Waals surface area contributed by atoms with Crippen LogP contribution in [0.4, 0.5) is 0 Å². The Morgan fingerprint density at radius 1 is 1.21 bits per heavy atom. The monoisotopic (exact) mass is 199 g/mol. The van der Waals surface area contributed by atoms with Gasteiger partial charge in [-0.3, -0.25) is 0 Å². The van der Waals surface area contributed by atoms with E-state index in [0.717, 1.165) is 12.8 Å². The molecule has 0 aliphatic heterocycles. The van der Waals surface area contributed by atoms with Crippen LogP contribution in [0.3, 0.4) is 0 Å². The van der Waals surface area contributed by atoms with Gasteiger partial charge in [0.15, 0.2) is 0 Å². The molecule has 0 heterocycles. The Balaban J connectivity index is 2.42. The quantitative estimate of drug-likeness (QED) is 0.715. The lowest BCUT2D eigenvalue weighted by atomic mass is 9.85. The van der Waals surface area contributed by atoms with Crippen molar-refractivity contribution in [3.8, 4) is 0 Å². The lowest BCUT2D eigenvalue weighted by molar-refractivity contribution is 0.0760. The molecule has 1 aliphatic rings. The zero-order valence-electron chi connectivity index (χ0n) is 10.0. The second kappa shape index (κ2) is 4.63. The molecule has 0 spiro atoms. The van der Waals surface area contributed by atoms with E-state index in [0.29, 0.717) is 12.1 Å². The summed E-state index contributed by atoms with van der Waals surface area (Å²) in [5.41, 5.74) is 0.275. The smallest absolute Gasteiger partial charge is 0.0693 e. The minimum atomic E-state index is -0.131. The van der Waals surface area contributed by atoms with Crippen LogP contribution in [0, 0.1) is 5.41 Å². The largest absolute Gasteiger partial charge is 0.392 e. The van der Waals surface area contributed by atoms with E-state index in [9.17, 15) is 5.11 Å². The Morgan fingerprint density at radius 3 is 2.29 bits per heavy atom. The normalized spacial score (nSPS) is 31.5. The molecule has 2 heteroatoms. The van der Waals surface area contributed by atoms with E-state index in [1.165, 1.54) is 12.8 Å². The van der Waals surface area contributed by atoms with Gasteiger partial charge in [-0.15, -0.1) is 0 Å². The van der Waals surface area contributed by atoms with Gasteiger partial charge >= 0.3 is 0 Å². The maximum absolute atomic E-state index is 9.82. The average molecular weight is 199 g/mol. The van der Waals surface area contributed by atoms with Gasteiger partial charge in [0.1, 0.15) is 0 Å². The number of aliphatic hydroxyl groups excluding tert-OH is 1. The molecule has 1 saturated carbocycles. The van der Waals surface area contributed by atoms with Crippen LogP contribution in [0.2, 0.25) is 0 Å². The molecule has 1 rings (SSSR count). The van der Waals surface area contributed by atoms with Crippen LogP contribution < -0.4 is 5.32 Å². The first-order valence-corrected chi connectivity index (χ1v) is 5.85. The maximum Gasteiger partial charge on any atom is 0.0693 e. The molecule has 0 amide bonds. The van der Waals surface area contributed by atoms with Crippen LogP contribution >= 0.6 is 0 Å². The molecule has 0 radical (unpaired) electrons. The van der Waals surface area contributed by atoms with E-state index in [4.69, 9.17) is 0 Å². The number of rotatable bonds is 2. The summed E-state index contributed by atoms with van der Waals surface area (Å²) < 4.78 is 0. The highest BCUT2D eigenvalue weighted by atomic mass is 16.3. The van der Waals surface area contributed by atoms with Gasteiger partial charge in [0.2, 0.25) is 0 Å². The summed E-state index contributed by atoms with van der Waals surface area (Å²) in [5.74, 6) is 0. The van der Waals surface area contributed by atoms with Crippen LogP contribution in [-0.2, 0) is 0 Å². The second-order valence-electron chi connectivity index (χ2n) is 5.71. The van der Waals surface area contributed by atoms with E-state index < -0.39 is 0 Å². The number of hydrogen-bond donors (Lipinski definition) is 2. The Labute approximate surface area is 88.1 Å². The first-order valence-electron chi connectivity index (χ1n) is 5.85. The SMILES string of the molecule is CC(N[C@@H]1CCCC[C@H]1O)C(C)(C)C. The molecule has 1 aliphatic carbocycles. The van der Waals surface area contributed by atoms with Gasteiger partial charge in [0.25, 0.3) is 0 Å². The topological polar surface area (TPSA) is 32.3 Å². The molecule has 0 bridgehead atoms. The summed E-state index contributed by atoms with van der Waals surface area (Å²) in [6.45, 7) is 8.92. The highest BCUT2D eigenvalue weighted by Gasteiger charge is 2.28. The molecule has 2 N–H and O–H groups in total. The Kier molecular flexibility index (Phi) is 3.96. The van der Waals surface area contributed by atoms with E-state index >= 15 is 0 Å². The molecule has 3 atom stereocenters. The zero-order chi connectivity index (χ0) is 10.8. The standard InChI is InChI=1S/C12H25NO/c1-9(12(2,3)4)13-10-7-5-6-8-11(10)14/h9-11,13-14H,5-8H2,1-4H3/t9?,10-,11-/m1/s1. The van der Waals surface area contributed by atoms with E-state index in [2.05, 4.69) is 33.0 Å². The lowest BCUT2D eigenvalue weighted by Gasteiger charge is -2.36. The molecule has 0 aromatic carbocycles. The number of aliphatic hydroxyl groups is 1. The van der Waals surface area contributed by atoms with Crippen molar-refractivity contribution < 1.29 is 5.11 Å². The van der Waals surface area contributed by atoms with E-state index in [1.807, 2.05) is 0 Å². The van der Waals surface area contributed by atoms with Crippen molar-refractivity contribution in [1.82, 2.24) is 5.32 Å². The van der Waals surface area contributed by atoms with E-state index in [-0.39, 0.29) is 11.5 Å². The second-order valence-corrected chi connectivity index (χ2v) is 5.71. The Hall–Kier alpha value is -0.0800. The highest BCUT2D eigenvalue weighted by Crippen LogP contribution is 2.23. The third kappa shape index (κ3) is 3.25. The van der Waals surface area contributed by atoms with E-state index in [1.54, 1.807) is 0 Å². The fourth-order valence-electron chi connectivity index (χ4n) is 1.88. The van der Waals surface area contributed by atoms with Crippen LogP contribution in [0.25, 0.3) is 0 Å².